The lowest BCUT2D eigenvalue weighted by Crippen LogP contribution is -2.25. The van der Waals surface area contributed by atoms with E-state index in [4.69, 9.17) is 5.11 Å². The molecule has 5 heteroatoms. The lowest BCUT2D eigenvalue weighted by atomic mass is 10.3. The second-order valence-corrected chi connectivity index (χ2v) is 2.88. The Kier molecular flexibility index (Phi) is 3.82. The zero-order chi connectivity index (χ0) is 11.3. The van der Waals surface area contributed by atoms with Crippen LogP contribution in [0.15, 0.2) is 30.3 Å². The molecule has 1 atom stereocenters. The third-order valence-corrected chi connectivity index (χ3v) is 1.55. The Morgan fingerprint density at radius 3 is 2.47 bits per heavy atom. The number of carbonyl (C=O) groups excluding carboxylic acids is 2. The molecular weight excluding hydrogens is 198 g/mol. The minimum absolute atomic E-state index is 0.515. The summed E-state index contributed by atoms with van der Waals surface area (Å²) in [5.74, 6) is -0.983. The molecule has 5 nitrogen and oxygen atoms in total. The summed E-state index contributed by atoms with van der Waals surface area (Å²) in [6.45, 7) is 1.22. The molecule has 0 saturated carbocycles. The number of ether oxygens (including phenoxy) is 1. The highest BCUT2D eigenvalue weighted by molar-refractivity contribution is 5.94. The van der Waals surface area contributed by atoms with E-state index in [0.717, 1.165) is 0 Å². The lowest BCUT2D eigenvalue weighted by Gasteiger charge is -2.06. The Bertz CT molecular complexity index is 348. The van der Waals surface area contributed by atoms with Gasteiger partial charge in [0.15, 0.2) is 0 Å². The third kappa shape index (κ3) is 3.78. The summed E-state index contributed by atoms with van der Waals surface area (Å²) < 4.78 is 4.28. The molecule has 15 heavy (non-hydrogen) atoms. The molecule has 0 aliphatic heterocycles. The Balaban J connectivity index is 2.47. The topological polar surface area (TPSA) is 75.6 Å². The van der Waals surface area contributed by atoms with Crippen LogP contribution in [-0.2, 0) is 9.53 Å². The molecular formula is C10H11NO4. The molecule has 1 amide bonds. The van der Waals surface area contributed by atoms with E-state index in [-0.39, 0.29) is 0 Å². The maximum absolute atomic E-state index is 11.1. The van der Waals surface area contributed by atoms with Crippen LogP contribution in [0.3, 0.4) is 0 Å². The molecule has 2 N–H and O–H groups in total. The van der Waals surface area contributed by atoms with Crippen molar-refractivity contribution < 1.29 is 19.4 Å². The monoisotopic (exact) mass is 209 g/mol. The zero-order valence-electron chi connectivity index (χ0n) is 8.14. The van der Waals surface area contributed by atoms with Gasteiger partial charge >= 0.3 is 12.1 Å². The van der Waals surface area contributed by atoms with Gasteiger partial charge in [-0.15, -0.1) is 0 Å². The molecule has 1 aromatic carbocycles. The van der Waals surface area contributed by atoms with Gasteiger partial charge in [-0.2, -0.15) is 0 Å². The predicted molar refractivity (Wildman–Crippen MR) is 53.2 cm³/mol. The predicted octanol–water partition coefficient (Wildman–Crippen LogP) is 1.14. The number of aliphatic hydroxyl groups excluding tert-OH is 1. The molecule has 0 aromatic heterocycles. The van der Waals surface area contributed by atoms with Crippen molar-refractivity contribution in [3.05, 3.63) is 30.3 Å². The van der Waals surface area contributed by atoms with Crippen LogP contribution in [0.1, 0.15) is 6.92 Å². The van der Waals surface area contributed by atoms with Gasteiger partial charge in [-0.1, -0.05) is 18.2 Å². The number of hydrogen-bond donors (Lipinski definition) is 2. The Morgan fingerprint density at radius 2 is 1.93 bits per heavy atom. The number of aliphatic hydroxyl groups is 1. The van der Waals surface area contributed by atoms with Crippen LogP contribution < -0.4 is 5.32 Å². The summed E-state index contributed by atoms with van der Waals surface area (Å²) in [6.07, 6.45) is -2.22. The van der Waals surface area contributed by atoms with Gasteiger partial charge in [0, 0.05) is 5.69 Å². The Labute approximate surface area is 86.7 Å². The van der Waals surface area contributed by atoms with Crippen LogP contribution >= 0.6 is 0 Å². The highest BCUT2D eigenvalue weighted by Gasteiger charge is 2.15. The first-order valence-electron chi connectivity index (χ1n) is 4.35. The summed E-state index contributed by atoms with van der Waals surface area (Å²) in [4.78, 5) is 21.9. The maximum atomic E-state index is 11.1. The molecule has 80 valence electrons. The summed E-state index contributed by atoms with van der Waals surface area (Å²) in [6, 6.07) is 8.54. The van der Waals surface area contributed by atoms with Crippen molar-refractivity contribution in [3.8, 4) is 0 Å². The second kappa shape index (κ2) is 5.11. The number of hydrogen-bond acceptors (Lipinski definition) is 4. The van der Waals surface area contributed by atoms with E-state index >= 15 is 0 Å². The van der Waals surface area contributed by atoms with E-state index in [2.05, 4.69) is 10.1 Å². The molecule has 0 heterocycles. The minimum atomic E-state index is -1.31. The van der Waals surface area contributed by atoms with Gasteiger partial charge in [-0.25, -0.2) is 9.59 Å². The number of para-hydroxylation sites is 1. The molecule has 0 fully saturated rings. The molecule has 0 aliphatic carbocycles. The fourth-order valence-electron chi connectivity index (χ4n) is 0.841. The van der Waals surface area contributed by atoms with Crippen LogP contribution in [0.2, 0.25) is 0 Å². The first-order chi connectivity index (χ1) is 7.09. The third-order valence-electron chi connectivity index (χ3n) is 1.55. The van der Waals surface area contributed by atoms with E-state index in [1.54, 1.807) is 30.3 Å². The Morgan fingerprint density at radius 1 is 1.33 bits per heavy atom. The van der Waals surface area contributed by atoms with Crippen molar-refractivity contribution in [1.82, 2.24) is 0 Å². The summed E-state index contributed by atoms with van der Waals surface area (Å²) >= 11 is 0. The van der Waals surface area contributed by atoms with Gasteiger partial charge in [0.1, 0.15) is 6.10 Å². The van der Waals surface area contributed by atoms with Gasteiger partial charge in [-0.05, 0) is 19.1 Å². The van der Waals surface area contributed by atoms with E-state index in [0.29, 0.717) is 5.69 Å². The molecule has 0 spiro atoms. The molecule has 0 bridgehead atoms. The average molecular weight is 209 g/mol. The number of benzene rings is 1. The highest BCUT2D eigenvalue weighted by atomic mass is 16.6. The number of esters is 1. The molecule has 1 rings (SSSR count). The van der Waals surface area contributed by atoms with E-state index in [9.17, 15) is 9.59 Å². The van der Waals surface area contributed by atoms with Gasteiger partial charge in [0.2, 0.25) is 0 Å². The van der Waals surface area contributed by atoms with Crippen LogP contribution in [0.25, 0.3) is 0 Å². The summed E-state index contributed by atoms with van der Waals surface area (Å²) in [5.41, 5.74) is 0.515. The van der Waals surface area contributed by atoms with E-state index < -0.39 is 18.2 Å². The number of anilines is 1. The number of rotatable bonds is 2. The van der Waals surface area contributed by atoms with Crippen molar-refractivity contribution in [2.45, 2.75) is 13.0 Å². The quantitative estimate of drug-likeness (QED) is 0.565. The Hall–Kier alpha value is -1.88. The van der Waals surface area contributed by atoms with Crippen molar-refractivity contribution in [1.29, 1.82) is 0 Å². The van der Waals surface area contributed by atoms with Crippen molar-refractivity contribution in [2.24, 2.45) is 0 Å². The number of carbonyl (C=O) groups is 2. The smallest absolute Gasteiger partial charge is 0.382 e. The van der Waals surface area contributed by atoms with Crippen LogP contribution in [-0.4, -0.2) is 23.3 Å². The van der Waals surface area contributed by atoms with Gasteiger partial charge in [0.05, 0.1) is 0 Å². The van der Waals surface area contributed by atoms with Crippen LogP contribution in [0.4, 0.5) is 10.5 Å². The van der Waals surface area contributed by atoms with Gasteiger partial charge in [-0.3, -0.25) is 5.32 Å². The SMILES string of the molecule is C[C@H](O)C(=O)OC(=O)Nc1ccccc1. The summed E-state index contributed by atoms with van der Waals surface area (Å²) in [7, 11) is 0. The standard InChI is InChI=1S/C10H11NO4/c1-7(12)9(13)15-10(14)11-8-5-3-2-4-6-8/h2-7,12H,1H3,(H,11,14)/t7-/m0/s1. The first kappa shape index (κ1) is 11.2. The molecule has 1 aromatic rings. The molecule has 0 radical (unpaired) electrons. The van der Waals surface area contributed by atoms with Crippen molar-refractivity contribution in [3.63, 3.8) is 0 Å². The maximum Gasteiger partial charge on any atom is 0.419 e. The van der Waals surface area contributed by atoms with E-state index in [1.807, 2.05) is 0 Å². The largest absolute Gasteiger partial charge is 0.419 e. The van der Waals surface area contributed by atoms with Gasteiger partial charge in [0.25, 0.3) is 0 Å². The highest BCUT2D eigenvalue weighted by Crippen LogP contribution is 2.05. The molecule has 0 aliphatic rings. The van der Waals surface area contributed by atoms with E-state index in [1.165, 1.54) is 6.92 Å². The minimum Gasteiger partial charge on any atom is -0.382 e. The number of nitrogens with one attached hydrogen (secondary N) is 1. The van der Waals surface area contributed by atoms with Crippen LogP contribution in [0.5, 0.6) is 0 Å². The fourth-order valence-corrected chi connectivity index (χ4v) is 0.841. The zero-order valence-corrected chi connectivity index (χ0v) is 8.14. The van der Waals surface area contributed by atoms with Crippen molar-refractivity contribution in [2.75, 3.05) is 5.32 Å². The second-order valence-electron chi connectivity index (χ2n) is 2.88. The molecule has 0 unspecified atom stereocenters. The average Bonchev–Trinajstić information content (AvgIpc) is 2.18. The van der Waals surface area contributed by atoms with Crippen LogP contribution in [0, 0.1) is 0 Å². The molecule has 0 saturated heterocycles. The van der Waals surface area contributed by atoms with Crippen molar-refractivity contribution >= 4 is 17.7 Å². The lowest BCUT2D eigenvalue weighted by molar-refractivity contribution is -0.145. The number of amides is 1. The van der Waals surface area contributed by atoms with Gasteiger partial charge < -0.3 is 9.84 Å². The summed E-state index contributed by atoms with van der Waals surface area (Å²) in [5, 5.41) is 11.1. The first-order valence-corrected chi connectivity index (χ1v) is 4.35. The fraction of sp³-hybridized carbons (Fsp3) is 0.200. The normalized spacial score (nSPS) is 11.6.